The van der Waals surface area contributed by atoms with Crippen LogP contribution in [0.3, 0.4) is 0 Å². The van der Waals surface area contributed by atoms with Crippen LogP contribution in [0.4, 0.5) is 0 Å². The molecule has 0 fully saturated rings. The number of carbonyl (C=O) groups is 1. The van der Waals surface area contributed by atoms with Gasteiger partial charge in [0, 0.05) is 5.56 Å². The Bertz CT molecular complexity index is 601. The van der Waals surface area contributed by atoms with Gasteiger partial charge in [0.15, 0.2) is 5.75 Å². The van der Waals surface area contributed by atoms with Crippen molar-refractivity contribution >= 4 is 5.97 Å². The van der Waals surface area contributed by atoms with Gasteiger partial charge in [-0.1, -0.05) is 18.2 Å². The van der Waals surface area contributed by atoms with Gasteiger partial charge in [0.1, 0.15) is 5.75 Å². The summed E-state index contributed by atoms with van der Waals surface area (Å²) in [5, 5.41) is 8.78. The van der Waals surface area contributed by atoms with E-state index in [-0.39, 0.29) is 6.42 Å². The lowest BCUT2D eigenvalue weighted by Crippen LogP contribution is -2.08. The van der Waals surface area contributed by atoms with Crippen molar-refractivity contribution in [3.63, 3.8) is 0 Å². The predicted molar refractivity (Wildman–Crippen MR) is 62.7 cm³/mol. The first-order chi connectivity index (χ1) is 8.65. The fourth-order valence-corrected chi connectivity index (χ4v) is 1.42. The summed E-state index contributed by atoms with van der Waals surface area (Å²) >= 11 is 0. The smallest absolute Gasteiger partial charge is 0.345 e. The van der Waals surface area contributed by atoms with E-state index in [2.05, 4.69) is 9.97 Å². The second-order valence-corrected chi connectivity index (χ2v) is 3.53. The third kappa shape index (κ3) is 2.94. The number of ether oxygens (including phenoxy) is 1. The lowest BCUT2D eigenvalue weighted by atomic mass is 10.1. The van der Waals surface area contributed by atoms with Gasteiger partial charge in [0.25, 0.3) is 0 Å². The van der Waals surface area contributed by atoms with Crippen LogP contribution in [-0.4, -0.2) is 21.0 Å². The molecule has 6 heteroatoms. The van der Waals surface area contributed by atoms with Crippen LogP contribution in [0, 0.1) is 0 Å². The summed E-state index contributed by atoms with van der Waals surface area (Å²) in [4.78, 5) is 27.4. The maximum atomic E-state index is 10.8. The number of carboxylic acids is 1. The number of H-pyrrole nitrogens is 1. The van der Waals surface area contributed by atoms with Gasteiger partial charge in [-0.3, -0.25) is 4.79 Å². The summed E-state index contributed by atoms with van der Waals surface area (Å²) in [5.74, 6) is -0.174. The molecule has 6 nitrogen and oxygen atoms in total. The van der Waals surface area contributed by atoms with E-state index in [1.807, 2.05) is 0 Å². The summed E-state index contributed by atoms with van der Waals surface area (Å²) in [6.07, 6.45) is 2.51. The number of aliphatic carboxylic acids is 1. The first-order valence-corrected chi connectivity index (χ1v) is 5.17. The van der Waals surface area contributed by atoms with Gasteiger partial charge in [-0.2, -0.15) is 4.98 Å². The summed E-state index contributed by atoms with van der Waals surface area (Å²) in [5.41, 5.74) is 0.0809. The van der Waals surface area contributed by atoms with Crippen LogP contribution in [0.15, 0.2) is 41.5 Å². The van der Waals surface area contributed by atoms with E-state index >= 15 is 0 Å². The average molecular weight is 246 g/mol. The minimum absolute atomic E-state index is 0.132. The number of rotatable bonds is 4. The van der Waals surface area contributed by atoms with Crippen molar-refractivity contribution in [1.29, 1.82) is 0 Å². The molecule has 0 saturated heterocycles. The number of carboxylic acid groups (broad SMARTS) is 1. The van der Waals surface area contributed by atoms with Gasteiger partial charge in [-0.15, -0.1) is 0 Å². The molecule has 92 valence electrons. The lowest BCUT2D eigenvalue weighted by Gasteiger charge is -2.08. The topological polar surface area (TPSA) is 92.3 Å². The fourth-order valence-electron chi connectivity index (χ4n) is 1.42. The van der Waals surface area contributed by atoms with E-state index in [1.165, 1.54) is 12.4 Å². The molecule has 1 aromatic carbocycles. The second kappa shape index (κ2) is 5.13. The summed E-state index contributed by atoms with van der Waals surface area (Å²) in [6.45, 7) is 0. The standard InChI is InChI=1S/C12H10N2O4/c15-11(16)5-8-3-1-2-4-10(8)18-9-6-13-12(17)14-7-9/h1-4,6-7H,5H2,(H,15,16)(H,13,14,17). The summed E-state index contributed by atoms with van der Waals surface area (Å²) < 4.78 is 5.47. The molecule has 1 aromatic heterocycles. The van der Waals surface area contributed by atoms with E-state index in [9.17, 15) is 9.59 Å². The molecule has 0 saturated carbocycles. The van der Waals surface area contributed by atoms with Gasteiger partial charge in [-0.25, -0.2) is 4.79 Å². The molecule has 0 radical (unpaired) electrons. The van der Waals surface area contributed by atoms with E-state index in [0.717, 1.165) is 0 Å². The van der Waals surface area contributed by atoms with E-state index in [4.69, 9.17) is 9.84 Å². The van der Waals surface area contributed by atoms with Crippen LogP contribution in [0.1, 0.15) is 5.56 Å². The Hall–Kier alpha value is -2.63. The molecule has 0 bridgehead atoms. The highest BCUT2D eigenvalue weighted by atomic mass is 16.5. The number of para-hydroxylation sites is 1. The molecular formula is C12H10N2O4. The first kappa shape index (κ1) is 11.8. The zero-order valence-electron chi connectivity index (χ0n) is 9.29. The van der Waals surface area contributed by atoms with E-state index in [0.29, 0.717) is 17.1 Å². The van der Waals surface area contributed by atoms with Crippen LogP contribution in [0.5, 0.6) is 11.5 Å². The quantitative estimate of drug-likeness (QED) is 0.845. The van der Waals surface area contributed by atoms with Crippen LogP contribution in [-0.2, 0) is 11.2 Å². The lowest BCUT2D eigenvalue weighted by molar-refractivity contribution is -0.136. The third-order valence-corrected chi connectivity index (χ3v) is 2.19. The predicted octanol–water partition coefficient (Wildman–Crippen LogP) is 1.19. The number of aromatic amines is 1. The summed E-state index contributed by atoms with van der Waals surface area (Å²) in [6, 6.07) is 6.79. The van der Waals surface area contributed by atoms with Crippen LogP contribution in [0.25, 0.3) is 0 Å². The van der Waals surface area contributed by atoms with Crippen molar-refractivity contribution in [3.05, 3.63) is 52.7 Å². The van der Waals surface area contributed by atoms with Crippen molar-refractivity contribution in [2.24, 2.45) is 0 Å². The Kier molecular flexibility index (Phi) is 3.38. The Balaban J connectivity index is 2.25. The highest BCUT2D eigenvalue weighted by molar-refractivity contribution is 5.71. The highest BCUT2D eigenvalue weighted by Gasteiger charge is 2.08. The van der Waals surface area contributed by atoms with Crippen LogP contribution in [0.2, 0.25) is 0 Å². The molecule has 0 unspecified atom stereocenters. The molecule has 0 spiro atoms. The molecule has 0 aliphatic heterocycles. The molecule has 0 aliphatic carbocycles. The van der Waals surface area contributed by atoms with Gasteiger partial charge >= 0.3 is 11.7 Å². The van der Waals surface area contributed by atoms with Crippen molar-refractivity contribution in [2.45, 2.75) is 6.42 Å². The van der Waals surface area contributed by atoms with Gasteiger partial charge in [0.05, 0.1) is 18.8 Å². The van der Waals surface area contributed by atoms with Gasteiger partial charge < -0.3 is 14.8 Å². The first-order valence-electron chi connectivity index (χ1n) is 5.17. The number of hydrogen-bond donors (Lipinski definition) is 2. The van der Waals surface area contributed by atoms with Crippen LogP contribution < -0.4 is 10.4 Å². The minimum Gasteiger partial charge on any atom is -0.481 e. The molecule has 1 heterocycles. The van der Waals surface area contributed by atoms with Gasteiger partial charge in [-0.05, 0) is 6.07 Å². The zero-order chi connectivity index (χ0) is 13.0. The monoisotopic (exact) mass is 246 g/mol. The Morgan fingerprint density at radius 3 is 2.83 bits per heavy atom. The normalized spacial score (nSPS) is 10.0. The zero-order valence-corrected chi connectivity index (χ0v) is 9.29. The number of nitrogens with one attached hydrogen (secondary N) is 1. The molecule has 2 rings (SSSR count). The molecule has 0 atom stereocenters. The van der Waals surface area contributed by atoms with Gasteiger partial charge in [0.2, 0.25) is 0 Å². The van der Waals surface area contributed by atoms with Crippen molar-refractivity contribution in [3.8, 4) is 11.5 Å². The Morgan fingerprint density at radius 1 is 1.39 bits per heavy atom. The molecule has 2 aromatic rings. The van der Waals surface area contributed by atoms with Crippen LogP contribution >= 0.6 is 0 Å². The number of nitrogens with zero attached hydrogens (tertiary/aromatic N) is 1. The maximum Gasteiger partial charge on any atom is 0.345 e. The fraction of sp³-hybridized carbons (Fsp3) is 0.0833. The molecule has 0 aliphatic rings. The molecule has 18 heavy (non-hydrogen) atoms. The Morgan fingerprint density at radius 2 is 2.17 bits per heavy atom. The summed E-state index contributed by atoms with van der Waals surface area (Å²) in [7, 11) is 0. The maximum absolute atomic E-state index is 10.8. The minimum atomic E-state index is -0.939. The highest BCUT2D eigenvalue weighted by Crippen LogP contribution is 2.24. The van der Waals surface area contributed by atoms with E-state index < -0.39 is 11.7 Å². The molecule has 0 amide bonds. The van der Waals surface area contributed by atoms with Crippen molar-refractivity contribution in [1.82, 2.24) is 9.97 Å². The molecule has 2 N–H and O–H groups in total. The number of benzene rings is 1. The third-order valence-electron chi connectivity index (χ3n) is 2.19. The Labute approximate surface area is 102 Å². The number of aromatic nitrogens is 2. The van der Waals surface area contributed by atoms with E-state index in [1.54, 1.807) is 24.3 Å². The largest absolute Gasteiger partial charge is 0.481 e. The SMILES string of the molecule is O=C(O)Cc1ccccc1Oc1cnc(=O)[nH]c1. The second-order valence-electron chi connectivity index (χ2n) is 3.53. The average Bonchev–Trinajstić information content (AvgIpc) is 2.34. The molecular weight excluding hydrogens is 236 g/mol. The van der Waals surface area contributed by atoms with Crippen molar-refractivity contribution in [2.75, 3.05) is 0 Å². The van der Waals surface area contributed by atoms with Crippen molar-refractivity contribution < 1.29 is 14.6 Å². The number of hydrogen-bond acceptors (Lipinski definition) is 4.